The van der Waals surface area contributed by atoms with Crippen molar-refractivity contribution in [1.82, 2.24) is 4.85 Å². The average molecular weight is 196 g/mol. The monoisotopic (exact) mass is 196 g/mol. The second-order valence-corrected chi connectivity index (χ2v) is 2.84. The molecule has 0 saturated heterocycles. The Morgan fingerprint density at radius 3 is 2.64 bits per heavy atom. The minimum absolute atomic E-state index is 0.0302. The van der Waals surface area contributed by atoms with Crippen LogP contribution in [0, 0.1) is 5.21 Å². The number of hydrogen-bond acceptors (Lipinski definition) is 5. The van der Waals surface area contributed by atoms with E-state index in [1.807, 2.05) is 0 Å². The molecule has 0 fully saturated rings. The van der Waals surface area contributed by atoms with Crippen LogP contribution < -0.4 is 16.3 Å². The van der Waals surface area contributed by atoms with Crippen molar-refractivity contribution in [2.75, 3.05) is 11.5 Å². The maximum atomic E-state index is 11.1. The van der Waals surface area contributed by atoms with Gasteiger partial charge in [0, 0.05) is 0 Å². The van der Waals surface area contributed by atoms with Gasteiger partial charge in [-0.2, -0.15) is 0 Å². The Kier molecular flexibility index (Phi) is 1.39. The van der Waals surface area contributed by atoms with Gasteiger partial charge in [0.2, 0.25) is 0 Å². The van der Waals surface area contributed by atoms with Crippen molar-refractivity contribution in [3.05, 3.63) is 17.3 Å². The summed E-state index contributed by atoms with van der Waals surface area (Å²) in [5, 5.41) is 29.8. The molecular weight excluding hydrogens is 188 g/mol. The second kappa shape index (κ2) is 2.34. The van der Waals surface area contributed by atoms with Crippen LogP contribution in [0.4, 0.5) is 11.5 Å². The van der Waals surface area contributed by atoms with Gasteiger partial charge in [-0.05, 0) is 17.0 Å². The predicted octanol–water partition coefficient (Wildman–Crippen LogP) is -0.618. The lowest BCUT2D eigenvalue weighted by molar-refractivity contribution is -0.709. The van der Waals surface area contributed by atoms with Crippen LogP contribution >= 0.6 is 0 Å². The standard InChI is InChI=1S/C7H8N4O3/c8-6-4(12)2-1-3-5(6)7(9)11(14)10(3)13/h1-2,12-13H,8-9H2. The third-order valence-corrected chi connectivity index (χ3v) is 2.05. The molecule has 74 valence electrons. The highest BCUT2D eigenvalue weighted by Gasteiger charge is 2.19. The van der Waals surface area contributed by atoms with Crippen molar-refractivity contribution in [2.24, 2.45) is 0 Å². The average Bonchev–Trinajstić information content (AvgIpc) is 2.38. The first-order valence-electron chi connectivity index (χ1n) is 3.74. The van der Waals surface area contributed by atoms with Crippen LogP contribution in [0.25, 0.3) is 10.9 Å². The van der Waals surface area contributed by atoms with Crippen LogP contribution in [-0.4, -0.2) is 15.2 Å². The SMILES string of the molecule is Nc1c(O)ccc2c1c(N)[n+]([O-])n2O. The van der Waals surface area contributed by atoms with Gasteiger partial charge in [-0.1, -0.05) is 0 Å². The molecule has 0 radical (unpaired) electrons. The van der Waals surface area contributed by atoms with Crippen LogP contribution in [-0.2, 0) is 0 Å². The highest BCUT2D eigenvalue weighted by molar-refractivity contribution is 5.99. The molecule has 1 aromatic heterocycles. The van der Waals surface area contributed by atoms with Crippen molar-refractivity contribution in [2.45, 2.75) is 0 Å². The number of rotatable bonds is 0. The van der Waals surface area contributed by atoms with Crippen molar-refractivity contribution in [1.29, 1.82) is 0 Å². The smallest absolute Gasteiger partial charge is 0.309 e. The summed E-state index contributed by atoms with van der Waals surface area (Å²) in [6.45, 7) is 0. The van der Waals surface area contributed by atoms with E-state index in [1.165, 1.54) is 12.1 Å². The first-order chi connectivity index (χ1) is 6.54. The number of nitrogen functional groups attached to an aromatic ring is 2. The molecule has 0 spiro atoms. The Balaban J connectivity index is 3.03. The molecule has 14 heavy (non-hydrogen) atoms. The van der Waals surface area contributed by atoms with Crippen LogP contribution in [0.3, 0.4) is 0 Å². The van der Waals surface area contributed by atoms with Gasteiger partial charge in [0.05, 0.1) is 5.69 Å². The predicted molar refractivity (Wildman–Crippen MR) is 48.6 cm³/mol. The number of phenols is 1. The summed E-state index contributed by atoms with van der Waals surface area (Å²) in [6, 6.07) is 2.61. The van der Waals surface area contributed by atoms with E-state index in [1.54, 1.807) is 0 Å². The van der Waals surface area contributed by atoms with Gasteiger partial charge in [-0.25, -0.2) is 0 Å². The van der Waals surface area contributed by atoms with Crippen LogP contribution in [0.15, 0.2) is 12.1 Å². The molecule has 0 atom stereocenters. The number of aromatic nitrogens is 2. The van der Waals surface area contributed by atoms with E-state index in [0.29, 0.717) is 4.85 Å². The van der Waals surface area contributed by atoms with Crippen LogP contribution in [0.1, 0.15) is 0 Å². The first kappa shape index (κ1) is 8.30. The Labute approximate surface area is 77.9 Å². The van der Waals surface area contributed by atoms with Crippen molar-refractivity contribution >= 4 is 22.4 Å². The molecule has 0 aliphatic heterocycles. The van der Waals surface area contributed by atoms with Gasteiger partial charge in [-0.15, -0.1) is 4.85 Å². The number of anilines is 2. The van der Waals surface area contributed by atoms with E-state index < -0.39 is 0 Å². The molecule has 6 N–H and O–H groups in total. The van der Waals surface area contributed by atoms with Crippen molar-refractivity contribution in [3.63, 3.8) is 0 Å². The van der Waals surface area contributed by atoms with Crippen LogP contribution in [0.2, 0.25) is 0 Å². The number of nitrogens with zero attached hydrogens (tertiary/aromatic N) is 2. The van der Waals surface area contributed by atoms with Gasteiger partial charge < -0.3 is 21.3 Å². The Morgan fingerprint density at radius 2 is 2.00 bits per heavy atom. The molecule has 0 saturated carbocycles. The lowest BCUT2D eigenvalue weighted by Crippen LogP contribution is -2.38. The summed E-state index contributed by atoms with van der Waals surface area (Å²) in [7, 11) is 0. The maximum absolute atomic E-state index is 11.1. The number of hydrogen-bond donors (Lipinski definition) is 4. The Hall–Kier alpha value is -2.31. The molecular formula is C7H8N4O3. The van der Waals surface area contributed by atoms with Gasteiger partial charge in [0.1, 0.15) is 16.7 Å². The van der Waals surface area contributed by atoms with Crippen molar-refractivity contribution < 1.29 is 15.2 Å². The van der Waals surface area contributed by atoms with E-state index in [9.17, 15) is 15.5 Å². The Morgan fingerprint density at radius 1 is 1.36 bits per heavy atom. The second-order valence-electron chi connectivity index (χ2n) is 2.84. The van der Waals surface area contributed by atoms with Gasteiger partial charge >= 0.3 is 5.82 Å². The summed E-state index contributed by atoms with van der Waals surface area (Å²) < 4.78 is 0. The zero-order valence-corrected chi connectivity index (χ0v) is 7.01. The van der Waals surface area contributed by atoms with Gasteiger partial charge in [0.15, 0.2) is 0 Å². The van der Waals surface area contributed by atoms with E-state index in [2.05, 4.69) is 0 Å². The van der Waals surface area contributed by atoms with Gasteiger partial charge in [0.25, 0.3) is 0 Å². The molecule has 1 heterocycles. The molecule has 2 rings (SSSR count). The number of benzene rings is 1. The van der Waals surface area contributed by atoms with E-state index in [4.69, 9.17) is 11.5 Å². The van der Waals surface area contributed by atoms with E-state index >= 15 is 0 Å². The zero-order valence-electron chi connectivity index (χ0n) is 7.01. The molecule has 2 aromatic rings. The summed E-state index contributed by atoms with van der Waals surface area (Å²) in [5.74, 6) is -0.439. The zero-order chi connectivity index (χ0) is 10.5. The fraction of sp³-hybridized carbons (Fsp3) is 0. The van der Waals surface area contributed by atoms with E-state index in [0.717, 1.165) is 0 Å². The lowest BCUT2D eigenvalue weighted by Gasteiger charge is -1.99. The molecule has 7 heteroatoms. The van der Waals surface area contributed by atoms with Gasteiger partial charge in [-0.3, -0.25) is 5.73 Å². The number of phenolic OH excluding ortho intramolecular Hbond substituents is 1. The summed E-state index contributed by atoms with van der Waals surface area (Å²) in [6.07, 6.45) is 0. The van der Waals surface area contributed by atoms with Crippen LogP contribution in [0.5, 0.6) is 5.75 Å². The highest BCUT2D eigenvalue weighted by Crippen LogP contribution is 2.31. The molecule has 0 aliphatic carbocycles. The molecule has 0 amide bonds. The summed E-state index contributed by atoms with van der Waals surface area (Å²) in [4.78, 5) is 0.404. The normalized spacial score (nSPS) is 10.9. The topological polar surface area (TPSA) is 124 Å². The van der Waals surface area contributed by atoms with Crippen molar-refractivity contribution in [3.8, 4) is 5.75 Å². The largest absolute Gasteiger partial charge is 0.690 e. The molecule has 0 bridgehead atoms. The number of aromatic hydroxyl groups is 1. The Bertz CT molecular complexity index is 519. The number of fused-ring (bicyclic) bond motifs is 1. The highest BCUT2D eigenvalue weighted by atomic mass is 16.6. The molecule has 0 aliphatic rings. The third-order valence-electron chi connectivity index (χ3n) is 2.05. The summed E-state index contributed by atoms with van der Waals surface area (Å²) in [5.41, 5.74) is 11.0. The van der Waals surface area contributed by atoms with E-state index in [-0.39, 0.29) is 33.0 Å². The maximum Gasteiger partial charge on any atom is 0.309 e. The molecule has 7 nitrogen and oxygen atoms in total. The first-order valence-corrected chi connectivity index (χ1v) is 3.74. The quantitative estimate of drug-likeness (QED) is 0.147. The fourth-order valence-corrected chi connectivity index (χ4v) is 1.33. The number of nitrogens with two attached hydrogens (primary N) is 2. The summed E-state index contributed by atoms with van der Waals surface area (Å²) >= 11 is 0. The fourth-order valence-electron chi connectivity index (χ4n) is 1.33. The molecule has 0 unspecified atom stereocenters. The lowest BCUT2D eigenvalue weighted by atomic mass is 10.2. The third kappa shape index (κ3) is 0.777. The minimum Gasteiger partial charge on any atom is -0.690 e. The minimum atomic E-state index is -0.254. The molecule has 1 aromatic carbocycles.